The molecule has 0 aliphatic rings. The average Bonchev–Trinajstić information content (AvgIpc) is 2.27. The summed E-state index contributed by atoms with van der Waals surface area (Å²) in [4.78, 5) is 0. The summed E-state index contributed by atoms with van der Waals surface area (Å²) in [6.07, 6.45) is 1.09. The summed E-state index contributed by atoms with van der Waals surface area (Å²) < 4.78 is 2.11. The Morgan fingerprint density at radius 3 is 2.17 bits per heavy atom. The van der Waals surface area contributed by atoms with Gasteiger partial charge in [-0.05, 0) is 39.7 Å². The molecule has 0 radical (unpaired) electrons. The fourth-order valence-electron chi connectivity index (χ4n) is 1.71. The number of aryl methyl sites for hydroxylation is 1. The highest BCUT2D eigenvalue weighted by molar-refractivity contribution is 5.24. The Hall–Kier alpha value is -0.790. The number of nitrogens with zero attached hydrogens (tertiary/aromatic N) is 2. The monoisotopic (exact) mass is 166 g/mol. The van der Waals surface area contributed by atoms with Crippen LogP contribution in [0.25, 0.3) is 0 Å². The molecule has 1 aromatic rings. The molecule has 12 heavy (non-hydrogen) atoms. The van der Waals surface area contributed by atoms with Gasteiger partial charge in [-0.1, -0.05) is 6.92 Å². The Bertz CT molecular complexity index is 272. The maximum Gasteiger partial charge on any atom is 0.0628 e. The van der Waals surface area contributed by atoms with Crippen molar-refractivity contribution in [3.8, 4) is 0 Å². The largest absolute Gasteiger partial charge is 0.267 e. The van der Waals surface area contributed by atoms with E-state index in [1.165, 1.54) is 17.0 Å². The first kappa shape index (κ1) is 9.30. The highest BCUT2D eigenvalue weighted by Crippen LogP contribution is 2.16. The van der Waals surface area contributed by atoms with Crippen LogP contribution in [0.5, 0.6) is 0 Å². The van der Waals surface area contributed by atoms with Crippen molar-refractivity contribution in [2.24, 2.45) is 0 Å². The Labute approximate surface area is 74.6 Å². The van der Waals surface area contributed by atoms with Crippen LogP contribution in [0.4, 0.5) is 0 Å². The summed E-state index contributed by atoms with van der Waals surface area (Å²) in [5, 5.41) is 4.50. The van der Waals surface area contributed by atoms with Crippen molar-refractivity contribution in [2.45, 2.75) is 47.1 Å². The predicted octanol–water partition coefficient (Wildman–Crippen LogP) is 2.64. The van der Waals surface area contributed by atoms with Gasteiger partial charge in [0.1, 0.15) is 0 Å². The summed E-state index contributed by atoms with van der Waals surface area (Å²) in [5.74, 6) is 0. The molecule has 0 N–H and O–H groups in total. The Morgan fingerprint density at radius 2 is 1.92 bits per heavy atom. The number of aromatic nitrogens is 2. The molecule has 0 atom stereocenters. The maximum absolute atomic E-state index is 4.50. The van der Waals surface area contributed by atoms with Crippen LogP contribution in [0.2, 0.25) is 0 Å². The third kappa shape index (κ3) is 1.38. The molecule has 0 fully saturated rings. The van der Waals surface area contributed by atoms with Gasteiger partial charge in [0.05, 0.1) is 5.69 Å². The molecule has 0 aliphatic heterocycles. The van der Waals surface area contributed by atoms with Crippen LogP contribution in [0.15, 0.2) is 0 Å². The average molecular weight is 166 g/mol. The van der Waals surface area contributed by atoms with E-state index in [0.29, 0.717) is 6.04 Å². The molecule has 68 valence electrons. The molecule has 1 rings (SSSR count). The third-order valence-electron chi connectivity index (χ3n) is 2.32. The smallest absolute Gasteiger partial charge is 0.0628 e. The van der Waals surface area contributed by atoms with E-state index in [9.17, 15) is 0 Å². The van der Waals surface area contributed by atoms with Gasteiger partial charge in [-0.25, -0.2) is 0 Å². The van der Waals surface area contributed by atoms with Gasteiger partial charge < -0.3 is 0 Å². The minimum Gasteiger partial charge on any atom is -0.267 e. The molecular weight excluding hydrogens is 148 g/mol. The number of rotatable bonds is 2. The zero-order valence-electron chi connectivity index (χ0n) is 8.68. The van der Waals surface area contributed by atoms with Crippen molar-refractivity contribution in [1.29, 1.82) is 0 Å². The van der Waals surface area contributed by atoms with Crippen molar-refractivity contribution < 1.29 is 0 Å². The number of hydrogen-bond acceptors (Lipinski definition) is 1. The van der Waals surface area contributed by atoms with Gasteiger partial charge in [0, 0.05) is 11.7 Å². The zero-order valence-corrected chi connectivity index (χ0v) is 8.68. The first-order valence-electron chi connectivity index (χ1n) is 4.62. The van der Waals surface area contributed by atoms with E-state index >= 15 is 0 Å². The summed E-state index contributed by atoms with van der Waals surface area (Å²) in [5.41, 5.74) is 3.91. The molecule has 0 saturated carbocycles. The van der Waals surface area contributed by atoms with Gasteiger partial charge in [-0.15, -0.1) is 0 Å². The molecule has 1 aromatic heterocycles. The first-order chi connectivity index (χ1) is 5.57. The summed E-state index contributed by atoms with van der Waals surface area (Å²) in [7, 11) is 0. The van der Waals surface area contributed by atoms with Gasteiger partial charge in [0.2, 0.25) is 0 Å². The molecule has 0 unspecified atom stereocenters. The van der Waals surface area contributed by atoms with Crippen LogP contribution in [0, 0.1) is 13.8 Å². The lowest BCUT2D eigenvalue weighted by Gasteiger charge is -2.07. The van der Waals surface area contributed by atoms with Crippen LogP contribution in [0.3, 0.4) is 0 Å². The maximum atomic E-state index is 4.50. The second-order valence-electron chi connectivity index (χ2n) is 3.54. The van der Waals surface area contributed by atoms with Crippen LogP contribution in [-0.4, -0.2) is 9.78 Å². The lowest BCUT2D eigenvalue weighted by molar-refractivity contribution is 0.515. The molecule has 2 nitrogen and oxygen atoms in total. The molecule has 0 bridgehead atoms. The van der Waals surface area contributed by atoms with E-state index < -0.39 is 0 Å². The topological polar surface area (TPSA) is 17.8 Å². The second-order valence-corrected chi connectivity index (χ2v) is 3.54. The van der Waals surface area contributed by atoms with Crippen LogP contribution < -0.4 is 0 Å². The molecule has 0 saturated heterocycles. The Kier molecular flexibility index (Phi) is 2.55. The fraction of sp³-hybridized carbons (Fsp3) is 0.700. The number of hydrogen-bond donors (Lipinski definition) is 0. The Balaban J connectivity index is 3.17. The van der Waals surface area contributed by atoms with Crippen molar-refractivity contribution in [3.63, 3.8) is 0 Å². The second kappa shape index (κ2) is 3.30. The lowest BCUT2D eigenvalue weighted by atomic mass is 10.1. The van der Waals surface area contributed by atoms with Crippen molar-refractivity contribution in [3.05, 3.63) is 17.0 Å². The lowest BCUT2D eigenvalue weighted by Crippen LogP contribution is -2.05. The predicted molar refractivity (Wildman–Crippen MR) is 51.5 cm³/mol. The molecular formula is C10H18N2. The normalized spacial score (nSPS) is 11.2. The Morgan fingerprint density at radius 1 is 1.33 bits per heavy atom. The minimum atomic E-state index is 0.476. The molecule has 1 heterocycles. The molecule has 0 amide bonds. The van der Waals surface area contributed by atoms with Crippen LogP contribution in [-0.2, 0) is 6.42 Å². The molecule has 0 aliphatic carbocycles. The highest BCUT2D eigenvalue weighted by atomic mass is 15.3. The van der Waals surface area contributed by atoms with Crippen molar-refractivity contribution >= 4 is 0 Å². The van der Waals surface area contributed by atoms with Crippen molar-refractivity contribution in [1.82, 2.24) is 9.78 Å². The van der Waals surface area contributed by atoms with Crippen LogP contribution in [0.1, 0.15) is 43.8 Å². The van der Waals surface area contributed by atoms with E-state index in [1.807, 2.05) is 0 Å². The third-order valence-corrected chi connectivity index (χ3v) is 2.32. The van der Waals surface area contributed by atoms with Gasteiger partial charge >= 0.3 is 0 Å². The van der Waals surface area contributed by atoms with Gasteiger partial charge in [0.15, 0.2) is 0 Å². The SMILES string of the molecule is CCc1c(C)nn(C(C)C)c1C. The van der Waals surface area contributed by atoms with E-state index in [0.717, 1.165) is 6.42 Å². The molecule has 0 spiro atoms. The summed E-state index contributed by atoms with van der Waals surface area (Å²) >= 11 is 0. The molecule has 0 aromatic carbocycles. The van der Waals surface area contributed by atoms with Gasteiger partial charge in [-0.2, -0.15) is 5.10 Å². The van der Waals surface area contributed by atoms with Crippen LogP contribution >= 0.6 is 0 Å². The first-order valence-corrected chi connectivity index (χ1v) is 4.62. The van der Waals surface area contributed by atoms with E-state index in [1.54, 1.807) is 0 Å². The standard InChI is InChI=1S/C10H18N2/c1-6-10-8(4)11-12(7(2)3)9(10)5/h7H,6H2,1-5H3. The fourth-order valence-corrected chi connectivity index (χ4v) is 1.71. The van der Waals surface area contributed by atoms with E-state index in [2.05, 4.69) is 44.4 Å². The molecule has 2 heteroatoms. The van der Waals surface area contributed by atoms with Gasteiger partial charge in [0.25, 0.3) is 0 Å². The quantitative estimate of drug-likeness (QED) is 0.660. The zero-order chi connectivity index (χ0) is 9.30. The summed E-state index contributed by atoms with van der Waals surface area (Å²) in [6, 6.07) is 0.476. The van der Waals surface area contributed by atoms with Gasteiger partial charge in [-0.3, -0.25) is 4.68 Å². The van der Waals surface area contributed by atoms with Crippen molar-refractivity contribution in [2.75, 3.05) is 0 Å². The minimum absolute atomic E-state index is 0.476. The van der Waals surface area contributed by atoms with E-state index in [4.69, 9.17) is 0 Å². The van der Waals surface area contributed by atoms with E-state index in [-0.39, 0.29) is 0 Å². The summed E-state index contributed by atoms with van der Waals surface area (Å²) in [6.45, 7) is 10.8. The highest BCUT2D eigenvalue weighted by Gasteiger charge is 2.10.